The van der Waals surface area contributed by atoms with Gasteiger partial charge in [0.25, 0.3) is 5.91 Å². The molecule has 4 aromatic rings. The summed E-state index contributed by atoms with van der Waals surface area (Å²) in [4.78, 5) is 19.4. The molecular weight excluding hydrogens is 356 g/mol. The first-order chi connectivity index (χ1) is 13.3. The first-order valence-corrected chi connectivity index (χ1v) is 9.48. The van der Waals surface area contributed by atoms with Crippen molar-refractivity contribution in [2.45, 2.75) is 13.0 Å². The van der Waals surface area contributed by atoms with E-state index < -0.39 is 0 Å². The van der Waals surface area contributed by atoms with E-state index in [1.807, 2.05) is 59.5 Å². The molecule has 0 fully saturated rings. The zero-order chi connectivity index (χ0) is 18.5. The summed E-state index contributed by atoms with van der Waals surface area (Å²) in [6.07, 6.45) is 2.54. The Kier molecular flexibility index (Phi) is 5.16. The van der Waals surface area contributed by atoms with Gasteiger partial charge in [0.15, 0.2) is 0 Å². The van der Waals surface area contributed by atoms with Crippen LogP contribution in [0.4, 0.5) is 0 Å². The van der Waals surface area contributed by atoms with Crippen molar-refractivity contribution < 1.29 is 4.79 Å². The number of rotatable bonds is 6. The minimum atomic E-state index is -0.0218. The lowest BCUT2D eigenvalue weighted by molar-refractivity contribution is 0.0743. The van der Waals surface area contributed by atoms with Gasteiger partial charge in [-0.3, -0.25) is 9.78 Å². The molecule has 0 radical (unpaired) electrons. The lowest BCUT2D eigenvalue weighted by Gasteiger charge is -2.22. The molecular formula is C21H18N4OS. The van der Waals surface area contributed by atoms with E-state index in [1.165, 1.54) is 5.56 Å². The van der Waals surface area contributed by atoms with E-state index in [1.54, 1.807) is 6.20 Å². The monoisotopic (exact) mass is 374 g/mol. The van der Waals surface area contributed by atoms with Crippen LogP contribution >= 0.6 is 11.7 Å². The van der Waals surface area contributed by atoms with Crippen molar-refractivity contribution in [1.82, 2.24) is 18.6 Å². The first-order valence-electron chi connectivity index (χ1n) is 8.75. The number of carbonyl (C=O) groups excluding carboxylic acids is 1. The molecule has 4 rings (SSSR count). The third-order valence-corrected chi connectivity index (χ3v) is 4.94. The van der Waals surface area contributed by atoms with Crippen LogP contribution in [0.3, 0.4) is 0 Å². The Labute approximate surface area is 161 Å². The molecule has 0 saturated heterocycles. The van der Waals surface area contributed by atoms with E-state index >= 15 is 0 Å². The van der Waals surface area contributed by atoms with E-state index in [0.29, 0.717) is 18.7 Å². The molecule has 2 aromatic heterocycles. The fourth-order valence-corrected chi connectivity index (χ4v) is 3.46. The quantitative estimate of drug-likeness (QED) is 0.512. The molecule has 0 spiro atoms. The summed E-state index contributed by atoms with van der Waals surface area (Å²) in [5, 5.41) is 0. The second-order valence-corrected chi connectivity index (χ2v) is 6.78. The van der Waals surface area contributed by atoms with E-state index in [0.717, 1.165) is 34.9 Å². The molecule has 0 aliphatic carbocycles. The lowest BCUT2D eigenvalue weighted by Crippen LogP contribution is -2.32. The van der Waals surface area contributed by atoms with Crippen molar-refractivity contribution in [3.63, 3.8) is 0 Å². The topological polar surface area (TPSA) is 59.0 Å². The van der Waals surface area contributed by atoms with Crippen molar-refractivity contribution in [3.8, 4) is 0 Å². The molecule has 1 amide bonds. The standard InChI is InChI=1S/C21H18N4OS/c26-21(17-9-10-19-20(14-17)24-27-23-19)25(15-18-8-4-5-12-22-18)13-11-16-6-2-1-3-7-16/h1-10,12,14H,11,13,15H2. The van der Waals surface area contributed by atoms with Gasteiger partial charge in [-0.15, -0.1) is 0 Å². The molecule has 2 heterocycles. The van der Waals surface area contributed by atoms with Crippen LogP contribution in [0.5, 0.6) is 0 Å². The molecule has 2 aromatic carbocycles. The molecule has 0 saturated carbocycles. The lowest BCUT2D eigenvalue weighted by atomic mass is 10.1. The van der Waals surface area contributed by atoms with Crippen molar-refractivity contribution in [3.05, 3.63) is 89.7 Å². The van der Waals surface area contributed by atoms with Gasteiger partial charge in [-0.2, -0.15) is 8.75 Å². The van der Waals surface area contributed by atoms with Crippen molar-refractivity contribution in [1.29, 1.82) is 0 Å². The maximum Gasteiger partial charge on any atom is 0.254 e. The van der Waals surface area contributed by atoms with Crippen molar-refractivity contribution in [2.75, 3.05) is 6.54 Å². The highest BCUT2D eigenvalue weighted by Crippen LogP contribution is 2.17. The largest absolute Gasteiger partial charge is 0.332 e. The number of fused-ring (bicyclic) bond motifs is 1. The van der Waals surface area contributed by atoms with E-state index in [9.17, 15) is 4.79 Å². The van der Waals surface area contributed by atoms with Gasteiger partial charge < -0.3 is 4.90 Å². The highest BCUT2D eigenvalue weighted by molar-refractivity contribution is 7.00. The number of hydrogen-bond acceptors (Lipinski definition) is 5. The number of aromatic nitrogens is 3. The second kappa shape index (κ2) is 8.05. The van der Waals surface area contributed by atoms with Gasteiger partial charge in [0.05, 0.1) is 24.0 Å². The summed E-state index contributed by atoms with van der Waals surface area (Å²) in [5.41, 5.74) is 4.27. The van der Waals surface area contributed by atoms with Crippen LogP contribution in [-0.2, 0) is 13.0 Å². The highest BCUT2D eigenvalue weighted by Gasteiger charge is 2.18. The first kappa shape index (κ1) is 17.3. The minimum absolute atomic E-state index is 0.0218. The summed E-state index contributed by atoms with van der Waals surface area (Å²) in [6.45, 7) is 1.09. The smallest absolute Gasteiger partial charge is 0.254 e. The third-order valence-electron chi connectivity index (χ3n) is 4.38. The van der Waals surface area contributed by atoms with Gasteiger partial charge >= 0.3 is 0 Å². The van der Waals surface area contributed by atoms with Crippen LogP contribution in [0.15, 0.2) is 72.9 Å². The summed E-state index contributed by atoms with van der Waals surface area (Å²) < 4.78 is 8.45. The van der Waals surface area contributed by atoms with E-state index in [4.69, 9.17) is 0 Å². The van der Waals surface area contributed by atoms with Gasteiger partial charge in [-0.05, 0) is 42.3 Å². The van der Waals surface area contributed by atoms with Crippen LogP contribution in [0.2, 0.25) is 0 Å². The molecule has 0 N–H and O–H groups in total. The Morgan fingerprint density at radius 3 is 2.56 bits per heavy atom. The normalized spacial score (nSPS) is 10.8. The number of nitrogens with zero attached hydrogens (tertiary/aromatic N) is 4. The minimum Gasteiger partial charge on any atom is -0.332 e. The molecule has 134 valence electrons. The molecule has 6 heteroatoms. The fraction of sp³-hybridized carbons (Fsp3) is 0.143. The average Bonchev–Trinajstić information content (AvgIpc) is 3.20. The van der Waals surface area contributed by atoms with Crippen LogP contribution in [0, 0.1) is 0 Å². The highest BCUT2D eigenvalue weighted by atomic mass is 32.1. The molecule has 0 aliphatic heterocycles. The number of amides is 1. The van der Waals surface area contributed by atoms with Crippen molar-refractivity contribution in [2.24, 2.45) is 0 Å². The van der Waals surface area contributed by atoms with Crippen molar-refractivity contribution >= 4 is 28.7 Å². The Morgan fingerprint density at radius 2 is 1.74 bits per heavy atom. The summed E-state index contributed by atoms with van der Waals surface area (Å²) >= 11 is 1.16. The van der Waals surface area contributed by atoms with Gasteiger partial charge in [0, 0.05) is 18.3 Å². The molecule has 27 heavy (non-hydrogen) atoms. The zero-order valence-corrected chi connectivity index (χ0v) is 15.5. The third kappa shape index (κ3) is 4.17. The Bertz CT molecular complexity index is 1030. The van der Waals surface area contributed by atoms with Gasteiger partial charge in [0.2, 0.25) is 0 Å². The summed E-state index contributed by atoms with van der Waals surface area (Å²) in [7, 11) is 0. The van der Waals surface area contributed by atoms with Gasteiger partial charge in [-0.1, -0.05) is 36.4 Å². The maximum atomic E-state index is 13.2. The van der Waals surface area contributed by atoms with E-state index in [-0.39, 0.29) is 5.91 Å². The second-order valence-electron chi connectivity index (χ2n) is 6.25. The van der Waals surface area contributed by atoms with Crippen LogP contribution in [0.25, 0.3) is 11.0 Å². The fourth-order valence-electron chi connectivity index (χ4n) is 2.95. The molecule has 0 bridgehead atoms. The van der Waals surface area contributed by atoms with Gasteiger partial charge in [-0.25, -0.2) is 0 Å². The molecule has 0 atom stereocenters. The van der Waals surface area contributed by atoms with Crippen LogP contribution in [0.1, 0.15) is 21.6 Å². The Balaban J connectivity index is 1.58. The summed E-state index contributed by atoms with van der Waals surface area (Å²) in [6, 6.07) is 21.4. The Hall–Kier alpha value is -3.12. The SMILES string of the molecule is O=C(c1ccc2nsnc2c1)N(CCc1ccccc1)Cc1ccccn1. The zero-order valence-electron chi connectivity index (χ0n) is 14.7. The van der Waals surface area contributed by atoms with Crippen LogP contribution < -0.4 is 0 Å². The molecule has 0 aliphatic rings. The predicted molar refractivity (Wildman–Crippen MR) is 107 cm³/mol. The molecule has 0 unspecified atom stereocenters. The van der Waals surface area contributed by atoms with Gasteiger partial charge in [0.1, 0.15) is 11.0 Å². The maximum absolute atomic E-state index is 13.2. The number of pyridine rings is 1. The number of benzene rings is 2. The Morgan fingerprint density at radius 1 is 0.926 bits per heavy atom. The van der Waals surface area contributed by atoms with E-state index in [2.05, 4.69) is 25.9 Å². The predicted octanol–water partition coefficient (Wildman–Crippen LogP) is 3.97. The summed E-state index contributed by atoms with van der Waals surface area (Å²) in [5.74, 6) is -0.0218. The number of hydrogen-bond donors (Lipinski definition) is 0. The number of carbonyl (C=O) groups is 1. The van der Waals surface area contributed by atoms with Crippen LogP contribution in [-0.4, -0.2) is 31.1 Å². The average molecular weight is 374 g/mol. The molecule has 5 nitrogen and oxygen atoms in total.